The van der Waals surface area contributed by atoms with Gasteiger partial charge in [0.05, 0.1) is 68.3 Å². The molecular weight excluding hydrogens is 635 g/mol. The maximum Gasteiger partial charge on any atom is 0.0993 e. The van der Waals surface area contributed by atoms with E-state index in [0.29, 0.717) is 16.7 Å². The Labute approximate surface area is 303 Å². The zero-order valence-corrected chi connectivity index (χ0v) is 30.2. The van der Waals surface area contributed by atoms with E-state index in [1.165, 1.54) is 11.1 Å². The molecule has 0 aliphatic rings. The zero-order chi connectivity index (χ0) is 36.5. The van der Waals surface area contributed by atoms with Crippen LogP contribution in [0.4, 0.5) is 0 Å². The van der Waals surface area contributed by atoms with Crippen LogP contribution < -0.4 is 0 Å². The molecule has 6 aromatic carbocycles. The van der Waals surface area contributed by atoms with Crippen LogP contribution in [0.2, 0.25) is 0 Å². The SMILES string of the molecule is CC(C)(C)c1ccc2c3ccccc3n(-c3cc(C#N)cc(-n4c5ccccc5c5ccc(C(C)(C)C)cc54)c3-c3cc(C#N)cc(C#N)c3)c2c1. The minimum Gasteiger partial charge on any atom is -0.308 e. The minimum atomic E-state index is -0.103. The summed E-state index contributed by atoms with van der Waals surface area (Å²) >= 11 is 0. The predicted octanol–water partition coefficient (Wildman–Crippen LogP) is 11.8. The minimum absolute atomic E-state index is 0.103. The van der Waals surface area contributed by atoms with E-state index in [-0.39, 0.29) is 10.8 Å². The van der Waals surface area contributed by atoms with Crippen LogP contribution in [0.1, 0.15) is 69.4 Å². The number of nitrogens with zero attached hydrogens (tertiary/aromatic N) is 5. The number of hydrogen-bond acceptors (Lipinski definition) is 3. The van der Waals surface area contributed by atoms with E-state index < -0.39 is 0 Å². The van der Waals surface area contributed by atoms with Crippen molar-refractivity contribution in [2.24, 2.45) is 0 Å². The molecule has 0 fully saturated rings. The summed E-state index contributed by atoms with van der Waals surface area (Å²) in [5, 5.41) is 35.5. The van der Waals surface area contributed by atoms with Crippen LogP contribution in [-0.2, 0) is 10.8 Å². The quantitative estimate of drug-likeness (QED) is 0.187. The lowest BCUT2D eigenvalue weighted by atomic mass is 9.86. The van der Waals surface area contributed by atoms with E-state index in [1.54, 1.807) is 6.07 Å². The number of benzene rings is 6. The summed E-state index contributed by atoms with van der Waals surface area (Å²) in [5.74, 6) is 0. The van der Waals surface area contributed by atoms with Gasteiger partial charge < -0.3 is 9.13 Å². The first-order chi connectivity index (χ1) is 24.9. The van der Waals surface area contributed by atoms with Crippen LogP contribution in [0.15, 0.2) is 115 Å². The lowest BCUT2D eigenvalue weighted by Gasteiger charge is -2.23. The second-order valence-electron chi connectivity index (χ2n) is 15.7. The normalized spacial score (nSPS) is 12.0. The summed E-state index contributed by atoms with van der Waals surface area (Å²) in [6, 6.07) is 46.4. The fourth-order valence-electron chi connectivity index (χ4n) is 7.62. The van der Waals surface area contributed by atoms with Crippen molar-refractivity contribution in [2.45, 2.75) is 52.4 Å². The highest BCUT2D eigenvalue weighted by molar-refractivity contribution is 6.12. The van der Waals surface area contributed by atoms with Gasteiger partial charge in [0.1, 0.15) is 0 Å². The first-order valence-electron chi connectivity index (χ1n) is 17.5. The Morgan fingerprint density at radius 1 is 0.423 bits per heavy atom. The van der Waals surface area contributed by atoms with Crippen LogP contribution >= 0.6 is 0 Å². The maximum atomic E-state index is 10.7. The fourth-order valence-corrected chi connectivity index (χ4v) is 7.62. The van der Waals surface area contributed by atoms with Gasteiger partial charge >= 0.3 is 0 Å². The smallest absolute Gasteiger partial charge is 0.0993 e. The molecule has 8 rings (SSSR count). The molecule has 5 nitrogen and oxygen atoms in total. The standard InChI is InChI=1S/C47H37N5/c1-46(2,3)33-15-17-37-35-11-7-9-13-39(35)51(41(37)24-33)43-22-31(28-50)23-44(45(43)32-20-29(26-48)19-30(21-32)27-49)52-40-14-10-8-12-36(40)38-18-16-34(25-42(38)52)47(4,5)6/h7-25H,1-6H3. The lowest BCUT2D eigenvalue weighted by Crippen LogP contribution is -2.11. The molecule has 250 valence electrons. The summed E-state index contributed by atoms with van der Waals surface area (Å²) in [7, 11) is 0. The van der Waals surface area contributed by atoms with Crippen LogP contribution in [0.3, 0.4) is 0 Å². The molecule has 52 heavy (non-hydrogen) atoms. The molecule has 0 bridgehead atoms. The van der Waals surface area contributed by atoms with Crippen molar-refractivity contribution in [1.29, 1.82) is 15.8 Å². The van der Waals surface area contributed by atoms with Gasteiger partial charge in [-0.15, -0.1) is 0 Å². The highest BCUT2D eigenvalue weighted by Gasteiger charge is 2.25. The largest absolute Gasteiger partial charge is 0.308 e. The van der Waals surface area contributed by atoms with Crippen molar-refractivity contribution < 1.29 is 0 Å². The monoisotopic (exact) mass is 671 g/mol. The van der Waals surface area contributed by atoms with Crippen molar-refractivity contribution >= 4 is 43.6 Å². The molecule has 0 saturated carbocycles. The van der Waals surface area contributed by atoms with Gasteiger partial charge in [-0.05, 0) is 82.1 Å². The summed E-state index contributed by atoms with van der Waals surface area (Å²) in [6.07, 6.45) is 0. The third-order valence-corrected chi connectivity index (χ3v) is 10.3. The molecule has 0 amide bonds. The van der Waals surface area contributed by atoms with E-state index >= 15 is 0 Å². The van der Waals surface area contributed by atoms with Crippen molar-refractivity contribution in [3.8, 4) is 40.7 Å². The van der Waals surface area contributed by atoms with Crippen LogP contribution in [0, 0.1) is 34.0 Å². The highest BCUT2D eigenvalue weighted by atomic mass is 15.0. The van der Waals surface area contributed by atoms with Crippen molar-refractivity contribution in [3.05, 3.63) is 143 Å². The van der Waals surface area contributed by atoms with Gasteiger partial charge in [0.25, 0.3) is 0 Å². The second kappa shape index (κ2) is 11.7. The van der Waals surface area contributed by atoms with Gasteiger partial charge in [-0.3, -0.25) is 0 Å². The Balaban J connectivity index is 1.63. The molecule has 2 aromatic heterocycles. The summed E-state index contributed by atoms with van der Waals surface area (Å²) in [4.78, 5) is 0. The fraction of sp³-hybridized carbons (Fsp3) is 0.170. The maximum absolute atomic E-state index is 10.7. The van der Waals surface area contributed by atoms with E-state index in [0.717, 1.165) is 66.1 Å². The topological polar surface area (TPSA) is 81.2 Å². The average molecular weight is 672 g/mol. The van der Waals surface area contributed by atoms with Crippen molar-refractivity contribution in [3.63, 3.8) is 0 Å². The molecule has 0 aliphatic heterocycles. The first kappa shape index (κ1) is 32.6. The van der Waals surface area contributed by atoms with Gasteiger partial charge in [0.2, 0.25) is 0 Å². The second-order valence-corrected chi connectivity index (χ2v) is 15.7. The van der Waals surface area contributed by atoms with Gasteiger partial charge in [-0.2, -0.15) is 15.8 Å². The molecule has 8 aromatic rings. The Morgan fingerprint density at radius 2 is 0.808 bits per heavy atom. The molecule has 0 aliphatic carbocycles. The number of hydrogen-bond donors (Lipinski definition) is 0. The van der Waals surface area contributed by atoms with E-state index in [9.17, 15) is 15.8 Å². The van der Waals surface area contributed by atoms with Gasteiger partial charge in [0.15, 0.2) is 0 Å². The Hall–Kier alpha value is -6.61. The molecule has 5 heteroatoms. The van der Waals surface area contributed by atoms with Crippen LogP contribution in [-0.4, -0.2) is 9.13 Å². The molecular formula is C47H37N5. The Bertz CT molecular complexity index is 2710. The van der Waals surface area contributed by atoms with Gasteiger partial charge in [-0.25, -0.2) is 0 Å². The Morgan fingerprint density at radius 3 is 1.21 bits per heavy atom. The molecule has 0 unspecified atom stereocenters. The average Bonchev–Trinajstić information content (AvgIpc) is 3.65. The molecule has 0 saturated heterocycles. The van der Waals surface area contributed by atoms with Crippen LogP contribution in [0.5, 0.6) is 0 Å². The number of aromatic nitrogens is 2. The van der Waals surface area contributed by atoms with E-state index in [1.807, 2.05) is 36.4 Å². The predicted molar refractivity (Wildman–Crippen MR) is 212 cm³/mol. The summed E-state index contributed by atoms with van der Waals surface area (Å²) in [5.41, 5.74) is 10.6. The summed E-state index contributed by atoms with van der Waals surface area (Å²) in [6.45, 7) is 13.3. The Kier molecular flexibility index (Phi) is 7.35. The number of rotatable bonds is 3. The molecule has 0 atom stereocenters. The first-order valence-corrected chi connectivity index (χ1v) is 17.5. The third-order valence-electron chi connectivity index (χ3n) is 10.3. The molecule has 2 heterocycles. The van der Waals surface area contributed by atoms with Crippen molar-refractivity contribution in [1.82, 2.24) is 9.13 Å². The molecule has 0 radical (unpaired) electrons. The zero-order valence-electron chi connectivity index (χ0n) is 30.2. The van der Waals surface area contributed by atoms with Gasteiger partial charge in [0, 0.05) is 27.1 Å². The lowest BCUT2D eigenvalue weighted by molar-refractivity contribution is 0.590. The van der Waals surface area contributed by atoms with E-state index in [2.05, 4.69) is 142 Å². The van der Waals surface area contributed by atoms with E-state index in [4.69, 9.17) is 0 Å². The number of para-hydroxylation sites is 2. The molecule has 0 N–H and O–H groups in total. The van der Waals surface area contributed by atoms with Crippen molar-refractivity contribution in [2.75, 3.05) is 0 Å². The van der Waals surface area contributed by atoms with Gasteiger partial charge in [-0.1, -0.05) is 102 Å². The molecule has 0 spiro atoms. The number of fused-ring (bicyclic) bond motifs is 6. The summed E-state index contributed by atoms with van der Waals surface area (Å²) < 4.78 is 4.53. The third kappa shape index (κ3) is 5.12. The number of nitriles is 3. The highest BCUT2D eigenvalue weighted by Crippen LogP contribution is 2.44. The van der Waals surface area contributed by atoms with Crippen LogP contribution in [0.25, 0.3) is 66.1 Å².